The Labute approximate surface area is 183 Å². The van der Waals surface area contributed by atoms with Crippen LogP contribution in [0.5, 0.6) is 0 Å². The van der Waals surface area contributed by atoms with Gasteiger partial charge in [0.15, 0.2) is 0 Å². The highest BCUT2D eigenvalue weighted by Gasteiger charge is 2.18. The maximum absolute atomic E-state index is 12.9. The fraction of sp³-hybridized carbons (Fsp3) is 0.417. The third-order valence-corrected chi connectivity index (χ3v) is 5.96. The van der Waals surface area contributed by atoms with Crippen molar-refractivity contribution in [2.24, 2.45) is 0 Å². The number of rotatable bonds is 6. The van der Waals surface area contributed by atoms with Gasteiger partial charge in [0.05, 0.1) is 17.6 Å². The van der Waals surface area contributed by atoms with Crippen molar-refractivity contribution in [1.29, 1.82) is 0 Å². The molecule has 7 heteroatoms. The first kappa shape index (κ1) is 21.3. The molecule has 0 atom stereocenters. The van der Waals surface area contributed by atoms with Crippen molar-refractivity contribution >= 4 is 5.69 Å². The summed E-state index contributed by atoms with van der Waals surface area (Å²) in [7, 11) is 2.16. The topological polar surface area (TPSA) is 66.5 Å². The van der Waals surface area contributed by atoms with Gasteiger partial charge in [0.25, 0.3) is 0 Å². The minimum atomic E-state index is -1.01. The smallest absolute Gasteiger partial charge is 0.332 e. The van der Waals surface area contributed by atoms with Crippen molar-refractivity contribution in [3.8, 4) is 5.69 Å². The van der Waals surface area contributed by atoms with Gasteiger partial charge >= 0.3 is 5.69 Å². The first-order chi connectivity index (χ1) is 14.8. The zero-order valence-electron chi connectivity index (χ0n) is 18.5. The van der Waals surface area contributed by atoms with Gasteiger partial charge in [-0.15, -0.1) is 0 Å². The summed E-state index contributed by atoms with van der Waals surface area (Å²) in [4.78, 5) is 22.0. The van der Waals surface area contributed by atoms with Gasteiger partial charge in [-0.25, -0.2) is 4.79 Å². The second-order valence-corrected chi connectivity index (χ2v) is 8.77. The predicted octanol–water partition coefficient (Wildman–Crippen LogP) is 2.26. The number of aromatic nitrogens is 3. The number of aliphatic hydroxyl groups is 1. The molecule has 0 radical (unpaired) electrons. The molecule has 164 valence electrons. The van der Waals surface area contributed by atoms with Crippen molar-refractivity contribution in [2.75, 3.05) is 38.1 Å². The zero-order valence-corrected chi connectivity index (χ0v) is 18.5. The van der Waals surface area contributed by atoms with Gasteiger partial charge in [0, 0.05) is 50.8 Å². The summed E-state index contributed by atoms with van der Waals surface area (Å²) in [6.45, 7) is 8.18. The molecule has 0 saturated carbocycles. The van der Waals surface area contributed by atoms with Crippen LogP contribution in [-0.4, -0.2) is 57.4 Å². The number of hydrogen-bond donors (Lipinski definition) is 1. The van der Waals surface area contributed by atoms with E-state index >= 15 is 0 Å². The predicted molar refractivity (Wildman–Crippen MR) is 123 cm³/mol. The van der Waals surface area contributed by atoms with E-state index in [1.54, 1.807) is 41.4 Å². The Hall–Kier alpha value is -2.90. The molecule has 0 spiro atoms. The second-order valence-electron chi connectivity index (χ2n) is 8.77. The molecular weight excluding hydrogens is 390 g/mol. The van der Waals surface area contributed by atoms with Crippen LogP contribution in [0.2, 0.25) is 0 Å². The summed E-state index contributed by atoms with van der Waals surface area (Å²) in [5, 5.41) is 10.1. The molecule has 1 aliphatic heterocycles. The molecule has 0 amide bonds. The molecule has 7 nitrogen and oxygen atoms in total. The number of anilines is 1. The highest BCUT2D eigenvalue weighted by molar-refractivity contribution is 5.54. The summed E-state index contributed by atoms with van der Waals surface area (Å²) >= 11 is 0. The van der Waals surface area contributed by atoms with Crippen molar-refractivity contribution < 1.29 is 5.11 Å². The second kappa shape index (κ2) is 8.69. The van der Waals surface area contributed by atoms with Gasteiger partial charge in [-0.05, 0) is 51.1 Å². The third kappa shape index (κ3) is 4.73. The van der Waals surface area contributed by atoms with Crippen molar-refractivity contribution in [3.63, 3.8) is 0 Å². The largest absolute Gasteiger partial charge is 0.384 e. The van der Waals surface area contributed by atoms with Crippen LogP contribution in [-0.2, 0) is 18.6 Å². The Kier molecular flexibility index (Phi) is 5.98. The van der Waals surface area contributed by atoms with E-state index in [1.807, 2.05) is 12.3 Å². The van der Waals surface area contributed by atoms with Crippen LogP contribution in [0.4, 0.5) is 5.69 Å². The molecule has 0 bridgehead atoms. The molecule has 0 unspecified atom stereocenters. The quantitative estimate of drug-likeness (QED) is 0.661. The number of piperazine rings is 1. The number of nitrogens with zero attached hydrogens (tertiary/aromatic N) is 5. The zero-order chi connectivity index (χ0) is 22.0. The SMILES string of the molecule is CN1CCN(c2ccccc2CCn2ccn(-c3ccc(C(C)(C)O)nc3)c2=O)CC1. The fourth-order valence-electron chi connectivity index (χ4n) is 3.99. The average Bonchev–Trinajstić information content (AvgIpc) is 3.13. The van der Waals surface area contributed by atoms with E-state index in [9.17, 15) is 9.90 Å². The average molecular weight is 422 g/mol. The van der Waals surface area contributed by atoms with E-state index in [4.69, 9.17) is 0 Å². The molecule has 1 aromatic carbocycles. The summed E-state index contributed by atoms with van der Waals surface area (Å²) in [5.41, 5.74) is 2.71. The maximum Gasteiger partial charge on any atom is 0.332 e. The molecule has 1 saturated heterocycles. The lowest BCUT2D eigenvalue weighted by Crippen LogP contribution is -2.44. The molecule has 2 aromatic heterocycles. The van der Waals surface area contributed by atoms with Crippen molar-refractivity contribution in [2.45, 2.75) is 32.4 Å². The maximum atomic E-state index is 12.9. The van der Waals surface area contributed by atoms with Crippen molar-refractivity contribution in [3.05, 3.63) is 76.7 Å². The highest BCUT2D eigenvalue weighted by Crippen LogP contribution is 2.23. The molecule has 31 heavy (non-hydrogen) atoms. The summed E-state index contributed by atoms with van der Waals surface area (Å²) in [6.07, 6.45) is 6.02. The molecular formula is C24H31N5O2. The van der Waals surface area contributed by atoms with E-state index in [2.05, 4.69) is 46.1 Å². The monoisotopic (exact) mass is 421 g/mol. The van der Waals surface area contributed by atoms with Crippen molar-refractivity contribution in [1.82, 2.24) is 19.0 Å². The van der Waals surface area contributed by atoms with Gasteiger partial charge in [-0.3, -0.25) is 14.1 Å². The first-order valence-corrected chi connectivity index (χ1v) is 10.8. The molecule has 4 rings (SSSR count). The van der Waals surface area contributed by atoms with Gasteiger partial charge in [-0.2, -0.15) is 0 Å². The number of aryl methyl sites for hydroxylation is 2. The Bertz CT molecular complexity index is 1070. The van der Waals surface area contributed by atoms with Gasteiger partial charge in [0.1, 0.15) is 5.60 Å². The van der Waals surface area contributed by atoms with Crippen LogP contribution in [0.1, 0.15) is 25.1 Å². The van der Waals surface area contributed by atoms with Gasteiger partial charge in [0.2, 0.25) is 0 Å². The van der Waals surface area contributed by atoms with E-state index in [0.717, 1.165) is 32.6 Å². The Morgan fingerprint density at radius 1 is 1.03 bits per heavy atom. The van der Waals surface area contributed by atoms with Crippen LogP contribution < -0.4 is 10.6 Å². The van der Waals surface area contributed by atoms with Gasteiger partial charge < -0.3 is 14.9 Å². The van der Waals surface area contributed by atoms with Gasteiger partial charge in [-0.1, -0.05) is 18.2 Å². The molecule has 3 heterocycles. The Morgan fingerprint density at radius 2 is 1.77 bits per heavy atom. The Morgan fingerprint density at radius 3 is 2.45 bits per heavy atom. The third-order valence-electron chi connectivity index (χ3n) is 5.96. The Balaban J connectivity index is 1.49. The molecule has 3 aromatic rings. The number of pyridine rings is 1. The standard InChI is InChI=1S/C24H31N5O2/c1-24(2,31)22-9-8-20(18-25-22)29-17-16-28(23(29)30)11-10-19-6-4-5-7-21(19)27-14-12-26(3)13-15-27/h4-9,16-18,31H,10-15H2,1-3H3. The van der Waals surface area contributed by atoms with Crippen LogP contribution in [0.15, 0.2) is 59.8 Å². The highest BCUT2D eigenvalue weighted by atomic mass is 16.3. The lowest BCUT2D eigenvalue weighted by Gasteiger charge is -2.35. The normalized spacial score (nSPS) is 15.4. The molecule has 0 aliphatic carbocycles. The van der Waals surface area contributed by atoms with E-state index in [1.165, 1.54) is 11.3 Å². The van der Waals surface area contributed by atoms with Crippen LogP contribution >= 0.6 is 0 Å². The number of imidazole rings is 1. The summed E-state index contributed by atoms with van der Waals surface area (Å²) in [5.74, 6) is 0. The minimum absolute atomic E-state index is 0.0881. The van der Waals surface area contributed by atoms with E-state index < -0.39 is 5.60 Å². The molecule has 1 aliphatic rings. The summed E-state index contributed by atoms with van der Waals surface area (Å²) in [6, 6.07) is 12.1. The molecule has 1 fully saturated rings. The lowest BCUT2D eigenvalue weighted by atomic mass is 10.1. The number of hydrogen-bond acceptors (Lipinski definition) is 5. The number of para-hydroxylation sites is 1. The van der Waals surface area contributed by atoms with E-state index in [0.29, 0.717) is 17.9 Å². The summed E-state index contributed by atoms with van der Waals surface area (Å²) < 4.78 is 3.33. The first-order valence-electron chi connectivity index (χ1n) is 10.8. The molecule has 1 N–H and O–H groups in total. The van der Waals surface area contributed by atoms with E-state index in [-0.39, 0.29) is 5.69 Å². The van der Waals surface area contributed by atoms with Crippen LogP contribution in [0, 0.1) is 0 Å². The van der Waals surface area contributed by atoms with Crippen LogP contribution in [0.3, 0.4) is 0 Å². The van der Waals surface area contributed by atoms with Crippen LogP contribution in [0.25, 0.3) is 5.69 Å². The number of benzene rings is 1. The minimum Gasteiger partial charge on any atom is -0.384 e. The fourth-order valence-corrected chi connectivity index (χ4v) is 3.99. The number of likely N-dealkylation sites (N-methyl/N-ethyl adjacent to an activating group) is 1. The lowest BCUT2D eigenvalue weighted by molar-refractivity contribution is 0.0738.